The molecule has 0 amide bonds. The van der Waals surface area contributed by atoms with Gasteiger partial charge in [-0.2, -0.15) is 8.78 Å². The van der Waals surface area contributed by atoms with Crippen LogP contribution in [0.5, 0.6) is 5.75 Å². The number of aromatic hydroxyl groups is 1. The van der Waals surface area contributed by atoms with Crippen molar-refractivity contribution in [2.45, 2.75) is 25.8 Å². The van der Waals surface area contributed by atoms with Gasteiger partial charge in [-0.05, 0) is 31.5 Å². The van der Waals surface area contributed by atoms with Crippen LogP contribution in [0.1, 0.15) is 24.1 Å². The Morgan fingerprint density at radius 2 is 2.10 bits per heavy atom. The second-order valence-corrected chi connectivity index (χ2v) is 4.90. The average Bonchev–Trinajstić information content (AvgIpc) is 2.33. The first-order valence-corrected chi connectivity index (χ1v) is 6.30. The predicted octanol–water partition coefficient (Wildman–Crippen LogP) is 3.08. The molecule has 1 aromatic carbocycles. The summed E-state index contributed by atoms with van der Waals surface area (Å²) in [6.45, 7) is 2.78. The molecule has 1 rings (SSSR count). The molecule has 0 saturated heterocycles. The van der Waals surface area contributed by atoms with E-state index in [4.69, 9.17) is 5.73 Å². The zero-order chi connectivity index (χ0) is 14.8. The molecule has 4 nitrogen and oxygen atoms in total. The van der Waals surface area contributed by atoms with Gasteiger partial charge >= 0.3 is 11.9 Å². The normalized spacial score (nSPS) is 12.5. The number of rotatable bonds is 4. The Kier molecular flexibility index (Phi) is 6.86. The fourth-order valence-corrected chi connectivity index (χ4v) is 2.14. The third-order valence-corrected chi connectivity index (χ3v) is 3.03. The van der Waals surface area contributed by atoms with Crippen molar-refractivity contribution in [3.8, 4) is 5.75 Å². The van der Waals surface area contributed by atoms with Crippen LogP contribution in [0.25, 0.3) is 0 Å². The second kappa shape index (κ2) is 7.19. The molecule has 0 aliphatic carbocycles. The molecule has 0 heterocycles. The zero-order valence-corrected chi connectivity index (χ0v) is 13.2. The molecular formula is C12H15BrClF2NO3. The molecule has 0 bridgehead atoms. The van der Waals surface area contributed by atoms with Crippen LogP contribution in [0.2, 0.25) is 0 Å². The Balaban J connectivity index is 0.00000361. The summed E-state index contributed by atoms with van der Waals surface area (Å²) in [5, 5.41) is 9.78. The fourth-order valence-electron chi connectivity index (χ4n) is 1.55. The van der Waals surface area contributed by atoms with Gasteiger partial charge in [0.2, 0.25) is 0 Å². The Labute approximate surface area is 129 Å². The van der Waals surface area contributed by atoms with Crippen molar-refractivity contribution in [3.05, 3.63) is 27.7 Å². The molecule has 0 saturated carbocycles. The van der Waals surface area contributed by atoms with E-state index in [-0.39, 0.29) is 30.3 Å². The lowest BCUT2D eigenvalue weighted by atomic mass is 9.98. The highest BCUT2D eigenvalue weighted by Gasteiger charge is 2.48. The lowest BCUT2D eigenvalue weighted by Crippen LogP contribution is -2.41. The minimum atomic E-state index is -3.92. The minimum Gasteiger partial charge on any atom is -0.507 e. The number of alkyl halides is 2. The van der Waals surface area contributed by atoms with Crippen LogP contribution < -0.4 is 5.73 Å². The van der Waals surface area contributed by atoms with Gasteiger partial charge in [0.1, 0.15) is 11.8 Å². The molecule has 3 N–H and O–H groups in total. The monoisotopic (exact) mass is 373 g/mol. The third kappa shape index (κ3) is 3.80. The fraction of sp³-hybridized carbons (Fsp3) is 0.417. The van der Waals surface area contributed by atoms with E-state index in [1.807, 2.05) is 0 Å². The summed E-state index contributed by atoms with van der Waals surface area (Å²) in [5.74, 6) is -5.99. The molecule has 0 aliphatic heterocycles. The molecule has 114 valence electrons. The van der Waals surface area contributed by atoms with Crippen LogP contribution in [-0.2, 0) is 9.53 Å². The quantitative estimate of drug-likeness (QED) is 0.795. The molecule has 0 aromatic heterocycles. The Hall–Kier alpha value is -0.920. The van der Waals surface area contributed by atoms with Crippen molar-refractivity contribution < 1.29 is 23.4 Å². The van der Waals surface area contributed by atoms with E-state index in [1.54, 1.807) is 13.0 Å². The van der Waals surface area contributed by atoms with Crippen molar-refractivity contribution in [1.29, 1.82) is 0 Å². The maximum atomic E-state index is 13.8. The summed E-state index contributed by atoms with van der Waals surface area (Å²) in [6.07, 6.45) is 0. The second-order valence-electron chi connectivity index (χ2n) is 3.98. The smallest absolute Gasteiger partial charge is 0.379 e. The standard InChI is InChI=1S/C12H14BrF2NO3.ClH/c1-3-19-11(18)12(14,15)10(16)8-5-7(13)4-6(2)9(8)17;/h4-5,10,17H,3,16H2,1-2H3;1H/t10-;/m0./s1. The summed E-state index contributed by atoms with van der Waals surface area (Å²) >= 11 is 3.12. The van der Waals surface area contributed by atoms with E-state index in [1.165, 1.54) is 13.0 Å². The number of hydrogen-bond acceptors (Lipinski definition) is 4. The van der Waals surface area contributed by atoms with E-state index in [2.05, 4.69) is 20.7 Å². The molecule has 0 spiro atoms. The molecule has 1 atom stereocenters. The molecule has 8 heteroatoms. The largest absolute Gasteiger partial charge is 0.507 e. The number of phenols is 1. The van der Waals surface area contributed by atoms with Gasteiger partial charge < -0.3 is 15.6 Å². The minimum absolute atomic E-state index is 0. The maximum absolute atomic E-state index is 13.8. The number of carbonyl (C=O) groups is 1. The molecule has 0 unspecified atom stereocenters. The number of phenolic OH excluding ortho intramolecular Hbond substituents is 1. The summed E-state index contributed by atoms with van der Waals surface area (Å²) in [7, 11) is 0. The number of carbonyl (C=O) groups excluding carboxylic acids is 1. The van der Waals surface area contributed by atoms with Crippen molar-refractivity contribution in [1.82, 2.24) is 0 Å². The molecule has 1 aromatic rings. The third-order valence-electron chi connectivity index (χ3n) is 2.57. The van der Waals surface area contributed by atoms with Gasteiger partial charge in [0.25, 0.3) is 0 Å². The van der Waals surface area contributed by atoms with E-state index in [9.17, 15) is 18.7 Å². The van der Waals surface area contributed by atoms with Gasteiger partial charge in [-0.25, -0.2) is 4.79 Å². The van der Waals surface area contributed by atoms with Gasteiger partial charge in [-0.15, -0.1) is 12.4 Å². The first-order chi connectivity index (χ1) is 8.71. The highest BCUT2D eigenvalue weighted by Crippen LogP contribution is 2.38. The molecular weight excluding hydrogens is 359 g/mol. The Morgan fingerprint density at radius 3 is 2.60 bits per heavy atom. The van der Waals surface area contributed by atoms with Gasteiger partial charge in [0, 0.05) is 10.0 Å². The number of esters is 1. The first-order valence-electron chi connectivity index (χ1n) is 5.51. The van der Waals surface area contributed by atoms with E-state index in [0.717, 1.165) is 0 Å². The van der Waals surface area contributed by atoms with Crippen molar-refractivity contribution in [3.63, 3.8) is 0 Å². The number of hydrogen-bond donors (Lipinski definition) is 2. The highest BCUT2D eigenvalue weighted by molar-refractivity contribution is 9.10. The molecule has 0 fully saturated rings. The van der Waals surface area contributed by atoms with Crippen LogP contribution in [0.3, 0.4) is 0 Å². The van der Waals surface area contributed by atoms with Gasteiger partial charge in [-0.1, -0.05) is 15.9 Å². The predicted molar refractivity (Wildman–Crippen MR) is 76.3 cm³/mol. The molecule has 20 heavy (non-hydrogen) atoms. The van der Waals surface area contributed by atoms with Crippen LogP contribution in [0.15, 0.2) is 16.6 Å². The van der Waals surface area contributed by atoms with Crippen LogP contribution in [-0.4, -0.2) is 23.6 Å². The van der Waals surface area contributed by atoms with Gasteiger partial charge in [0.15, 0.2) is 0 Å². The van der Waals surface area contributed by atoms with Gasteiger partial charge in [-0.3, -0.25) is 0 Å². The average molecular weight is 375 g/mol. The van der Waals surface area contributed by atoms with Crippen LogP contribution in [0, 0.1) is 6.92 Å². The summed E-state index contributed by atoms with van der Waals surface area (Å²) in [5.41, 5.74) is 5.57. The summed E-state index contributed by atoms with van der Waals surface area (Å²) in [4.78, 5) is 11.2. The van der Waals surface area contributed by atoms with Crippen LogP contribution in [0.4, 0.5) is 8.78 Å². The van der Waals surface area contributed by atoms with Crippen LogP contribution >= 0.6 is 28.3 Å². The summed E-state index contributed by atoms with van der Waals surface area (Å²) in [6, 6.07) is 0.816. The van der Waals surface area contributed by atoms with E-state index in [0.29, 0.717) is 10.0 Å². The van der Waals surface area contributed by atoms with Crippen molar-refractivity contribution in [2.24, 2.45) is 5.73 Å². The SMILES string of the molecule is CCOC(=O)C(F)(F)[C@@H](N)c1cc(Br)cc(C)c1O.Cl. The maximum Gasteiger partial charge on any atom is 0.379 e. The van der Waals surface area contributed by atoms with Crippen molar-refractivity contribution in [2.75, 3.05) is 6.61 Å². The molecule has 0 radical (unpaired) electrons. The number of nitrogens with two attached hydrogens (primary N) is 1. The lowest BCUT2D eigenvalue weighted by Gasteiger charge is -2.23. The number of halogens is 4. The molecule has 0 aliphatic rings. The van der Waals surface area contributed by atoms with E-state index >= 15 is 0 Å². The van der Waals surface area contributed by atoms with Crippen molar-refractivity contribution >= 4 is 34.3 Å². The number of benzene rings is 1. The number of aryl methyl sites for hydroxylation is 1. The lowest BCUT2D eigenvalue weighted by molar-refractivity contribution is -0.174. The first kappa shape index (κ1) is 19.1. The topological polar surface area (TPSA) is 72.5 Å². The zero-order valence-electron chi connectivity index (χ0n) is 10.8. The Bertz CT molecular complexity index is 500. The Morgan fingerprint density at radius 1 is 1.55 bits per heavy atom. The number of ether oxygens (including phenoxy) is 1. The highest BCUT2D eigenvalue weighted by atomic mass is 79.9. The van der Waals surface area contributed by atoms with E-state index < -0.39 is 17.9 Å². The van der Waals surface area contributed by atoms with Gasteiger partial charge in [0.05, 0.1) is 6.61 Å². The summed E-state index contributed by atoms with van der Waals surface area (Å²) < 4.78 is 32.4.